The third-order valence-corrected chi connectivity index (χ3v) is 12.0. The Kier molecular flexibility index (Phi) is 5.38. The minimum absolute atomic E-state index is 0.0738. The Morgan fingerprint density at radius 2 is 1.71 bits per heavy atom. The molecule has 2 nitrogen and oxygen atoms in total. The van der Waals surface area contributed by atoms with Gasteiger partial charge in [-0.3, -0.25) is 4.79 Å². The average molecular weight is 429 g/mol. The largest absolute Gasteiger partial charge is 0.463 e. The Hall–Kier alpha value is -0.530. The first-order valence-corrected chi connectivity index (χ1v) is 13.8. The van der Waals surface area contributed by atoms with Crippen LogP contribution >= 0.6 is 0 Å². The fourth-order valence-corrected chi connectivity index (χ4v) is 10.6. The van der Waals surface area contributed by atoms with Crippen molar-refractivity contribution >= 4 is 5.97 Å². The molecule has 0 radical (unpaired) electrons. The van der Waals surface area contributed by atoms with Crippen LogP contribution in [0.1, 0.15) is 112 Å². The lowest BCUT2D eigenvalue weighted by molar-refractivity contribution is -0.152. The maximum absolute atomic E-state index is 11.6. The molecule has 2 heteroatoms. The second kappa shape index (κ2) is 7.49. The fraction of sp³-hybridized carbons (Fsp3) is 0.966. The van der Waals surface area contributed by atoms with Crippen LogP contribution in [0.25, 0.3) is 0 Å². The Morgan fingerprint density at radius 1 is 0.935 bits per heavy atom. The Balaban J connectivity index is 1.33. The lowest BCUT2D eigenvalue weighted by Crippen LogP contribution is -2.47. The predicted molar refractivity (Wildman–Crippen MR) is 126 cm³/mol. The number of fused-ring (bicyclic) bond motifs is 5. The summed E-state index contributed by atoms with van der Waals surface area (Å²) in [6, 6.07) is 0. The molecule has 5 rings (SSSR count). The van der Waals surface area contributed by atoms with Gasteiger partial charge in [0.05, 0.1) is 0 Å². The average Bonchev–Trinajstić information content (AvgIpc) is 3.20. The van der Waals surface area contributed by atoms with E-state index in [-0.39, 0.29) is 12.1 Å². The summed E-state index contributed by atoms with van der Waals surface area (Å²) in [5.41, 5.74) is 1.61. The number of esters is 1. The molecule has 176 valence electrons. The number of rotatable bonds is 6. The van der Waals surface area contributed by atoms with Gasteiger partial charge in [-0.1, -0.05) is 53.9 Å². The van der Waals surface area contributed by atoms with Gasteiger partial charge in [0, 0.05) is 6.92 Å². The van der Waals surface area contributed by atoms with Gasteiger partial charge in [-0.2, -0.15) is 0 Å². The van der Waals surface area contributed by atoms with E-state index in [1.165, 1.54) is 64.2 Å². The first-order valence-electron chi connectivity index (χ1n) is 13.8. The first-order chi connectivity index (χ1) is 14.6. The summed E-state index contributed by atoms with van der Waals surface area (Å²) in [6.07, 6.45) is 15.4. The van der Waals surface area contributed by atoms with E-state index in [9.17, 15) is 4.79 Å². The summed E-state index contributed by atoms with van der Waals surface area (Å²) in [7, 11) is 0. The molecule has 0 heterocycles. The molecule has 1 spiro atoms. The number of carbonyl (C=O) groups is 1. The van der Waals surface area contributed by atoms with Crippen molar-refractivity contribution in [2.75, 3.05) is 0 Å². The van der Waals surface area contributed by atoms with Gasteiger partial charge in [-0.05, 0) is 109 Å². The first kappa shape index (κ1) is 22.3. The van der Waals surface area contributed by atoms with E-state index >= 15 is 0 Å². The van der Waals surface area contributed by atoms with E-state index < -0.39 is 0 Å². The molecule has 0 amide bonds. The third kappa shape index (κ3) is 3.19. The molecule has 10 atom stereocenters. The van der Waals surface area contributed by atoms with Crippen molar-refractivity contribution in [1.29, 1.82) is 0 Å². The van der Waals surface area contributed by atoms with E-state index in [0.29, 0.717) is 16.2 Å². The van der Waals surface area contributed by atoms with Gasteiger partial charge in [0.1, 0.15) is 6.10 Å². The van der Waals surface area contributed by atoms with Crippen molar-refractivity contribution in [2.24, 2.45) is 57.7 Å². The molecule has 5 fully saturated rings. The van der Waals surface area contributed by atoms with E-state index in [0.717, 1.165) is 47.8 Å². The highest BCUT2D eigenvalue weighted by molar-refractivity contribution is 5.66. The number of carbonyl (C=O) groups excluding carboxylic acids is 1. The summed E-state index contributed by atoms with van der Waals surface area (Å²) < 4.78 is 5.76. The maximum atomic E-state index is 11.6. The van der Waals surface area contributed by atoms with Crippen LogP contribution < -0.4 is 0 Å². The van der Waals surface area contributed by atoms with E-state index in [1.807, 2.05) is 0 Å². The smallest absolute Gasteiger partial charge is 0.302 e. The molecule has 0 aromatic heterocycles. The van der Waals surface area contributed by atoms with Crippen molar-refractivity contribution in [3.63, 3.8) is 0 Å². The molecule has 5 aliphatic rings. The molecule has 5 aliphatic carbocycles. The molecule has 5 saturated carbocycles. The minimum atomic E-state index is -0.0738. The molecule has 0 N–H and O–H groups in total. The molecule has 0 bridgehead atoms. The number of ether oxygens (including phenoxy) is 1. The predicted octanol–water partition coefficient (Wildman–Crippen LogP) is 7.65. The van der Waals surface area contributed by atoms with E-state index in [1.54, 1.807) is 6.92 Å². The molecule has 31 heavy (non-hydrogen) atoms. The standard InChI is InChI=1S/C29H48O2/c1-18(2)8-7-9-19(3)22-10-11-23-26-24(13-14-27(22,23)5)28(6)15-12-21(31-20(4)30)16-29(28)17-25(26)29/h18-19,21-26H,7-17H2,1-6H3/t19-,21+,22-,23+,24+,25-,26+,27-,28-,29-/m1/s1. The Bertz CT molecular complexity index is 714. The normalized spacial score (nSPS) is 50.9. The van der Waals surface area contributed by atoms with Crippen molar-refractivity contribution in [3.8, 4) is 0 Å². The molecule has 0 aliphatic heterocycles. The topological polar surface area (TPSA) is 26.3 Å². The zero-order valence-corrected chi connectivity index (χ0v) is 21.2. The van der Waals surface area contributed by atoms with Gasteiger partial charge < -0.3 is 4.74 Å². The van der Waals surface area contributed by atoms with Crippen LogP contribution in [0.4, 0.5) is 0 Å². The van der Waals surface area contributed by atoms with E-state index in [4.69, 9.17) is 4.74 Å². The molecular weight excluding hydrogens is 380 g/mol. The monoisotopic (exact) mass is 428 g/mol. The number of hydrogen-bond donors (Lipinski definition) is 0. The summed E-state index contributed by atoms with van der Waals surface area (Å²) in [5.74, 6) is 6.42. The zero-order valence-electron chi connectivity index (χ0n) is 21.2. The van der Waals surface area contributed by atoms with Gasteiger partial charge in [-0.15, -0.1) is 0 Å². The highest BCUT2D eigenvalue weighted by Crippen LogP contribution is 2.85. The van der Waals surface area contributed by atoms with Crippen LogP contribution in [0.2, 0.25) is 0 Å². The lowest BCUT2D eigenvalue weighted by atomic mass is 9.51. The Morgan fingerprint density at radius 3 is 2.42 bits per heavy atom. The fourth-order valence-electron chi connectivity index (χ4n) is 10.6. The van der Waals surface area contributed by atoms with Crippen LogP contribution in [0.15, 0.2) is 0 Å². The van der Waals surface area contributed by atoms with Crippen molar-refractivity contribution < 1.29 is 9.53 Å². The molecular formula is C29H48O2. The van der Waals surface area contributed by atoms with Crippen LogP contribution in [0.5, 0.6) is 0 Å². The SMILES string of the molecule is CC(=O)O[C@H]1CC[C@]2(C)[C@H]3CC[C@]4(C)[C@@H]([C@H](C)CCCC(C)C)CC[C@H]4[C@@H]3[C@H]3C[C@]32C1. The minimum Gasteiger partial charge on any atom is -0.463 e. The molecule has 0 saturated heterocycles. The summed E-state index contributed by atoms with van der Waals surface area (Å²) >= 11 is 0. The Labute approximate surface area is 191 Å². The second-order valence-electron chi connectivity index (χ2n) is 13.7. The zero-order chi connectivity index (χ0) is 22.2. The summed E-state index contributed by atoms with van der Waals surface area (Å²) in [4.78, 5) is 11.6. The molecule has 0 aromatic rings. The highest BCUT2D eigenvalue weighted by Gasteiger charge is 2.79. The van der Waals surface area contributed by atoms with Crippen molar-refractivity contribution in [2.45, 2.75) is 118 Å². The van der Waals surface area contributed by atoms with Crippen LogP contribution in [-0.4, -0.2) is 12.1 Å². The van der Waals surface area contributed by atoms with Crippen molar-refractivity contribution in [1.82, 2.24) is 0 Å². The van der Waals surface area contributed by atoms with Gasteiger partial charge in [0.2, 0.25) is 0 Å². The maximum Gasteiger partial charge on any atom is 0.302 e. The van der Waals surface area contributed by atoms with E-state index in [2.05, 4.69) is 34.6 Å². The van der Waals surface area contributed by atoms with Gasteiger partial charge in [0.15, 0.2) is 0 Å². The third-order valence-electron chi connectivity index (χ3n) is 12.0. The number of hydrogen-bond acceptors (Lipinski definition) is 2. The second-order valence-corrected chi connectivity index (χ2v) is 13.7. The highest BCUT2D eigenvalue weighted by atomic mass is 16.5. The molecule has 0 aromatic carbocycles. The van der Waals surface area contributed by atoms with Crippen LogP contribution in [0.3, 0.4) is 0 Å². The summed E-state index contributed by atoms with van der Waals surface area (Å²) in [6.45, 7) is 14.3. The van der Waals surface area contributed by atoms with Crippen LogP contribution in [-0.2, 0) is 9.53 Å². The van der Waals surface area contributed by atoms with Crippen LogP contribution in [0, 0.1) is 57.7 Å². The summed E-state index contributed by atoms with van der Waals surface area (Å²) in [5, 5.41) is 0. The van der Waals surface area contributed by atoms with Crippen molar-refractivity contribution in [3.05, 3.63) is 0 Å². The van der Waals surface area contributed by atoms with Gasteiger partial charge in [-0.25, -0.2) is 0 Å². The lowest BCUT2D eigenvalue weighted by Gasteiger charge is -2.54. The van der Waals surface area contributed by atoms with Gasteiger partial charge in [0.25, 0.3) is 0 Å². The quantitative estimate of drug-likeness (QED) is 0.406. The molecule has 0 unspecified atom stereocenters. The van der Waals surface area contributed by atoms with Gasteiger partial charge >= 0.3 is 5.97 Å².